The highest BCUT2D eigenvalue weighted by Crippen LogP contribution is 2.16. The van der Waals surface area contributed by atoms with Gasteiger partial charge in [-0.25, -0.2) is 0 Å². The van der Waals surface area contributed by atoms with E-state index < -0.39 is 6.10 Å². The smallest absolute Gasteiger partial charge is 0.306 e. The van der Waals surface area contributed by atoms with Crippen molar-refractivity contribution in [2.24, 2.45) is 0 Å². The van der Waals surface area contributed by atoms with E-state index in [1.807, 2.05) is 0 Å². The van der Waals surface area contributed by atoms with Crippen LogP contribution in [0.4, 0.5) is 0 Å². The van der Waals surface area contributed by atoms with Gasteiger partial charge >= 0.3 is 11.9 Å². The molecule has 0 N–H and O–H groups in total. The molecule has 0 aromatic heterocycles. The van der Waals surface area contributed by atoms with E-state index in [-0.39, 0.29) is 25.2 Å². The molecule has 5 nitrogen and oxygen atoms in total. The highest BCUT2D eigenvalue weighted by Gasteiger charge is 2.17. The van der Waals surface area contributed by atoms with Crippen molar-refractivity contribution in [1.82, 2.24) is 0 Å². The highest BCUT2D eigenvalue weighted by atomic mass is 16.6. The molecule has 0 saturated carbocycles. The maximum atomic E-state index is 12.8. The van der Waals surface area contributed by atoms with E-state index in [1.165, 1.54) is 167 Å². The largest absolute Gasteiger partial charge is 0.462 e. The van der Waals surface area contributed by atoms with E-state index in [0.717, 1.165) is 77.0 Å². The first-order valence-electron chi connectivity index (χ1n) is 28.5. The number of carbonyl (C=O) groups is 2. The number of hydrogen-bond donors (Lipinski definition) is 0. The van der Waals surface area contributed by atoms with Gasteiger partial charge in [0, 0.05) is 19.4 Å². The molecule has 5 heteroatoms. The van der Waals surface area contributed by atoms with Crippen LogP contribution in [-0.2, 0) is 23.8 Å². The summed E-state index contributed by atoms with van der Waals surface area (Å²) in [7, 11) is 0. The lowest BCUT2D eigenvalue weighted by Crippen LogP contribution is -2.30. The summed E-state index contributed by atoms with van der Waals surface area (Å²) in [5.41, 5.74) is 0. The van der Waals surface area contributed by atoms with Gasteiger partial charge in [-0.15, -0.1) is 0 Å². The summed E-state index contributed by atoms with van der Waals surface area (Å²) < 4.78 is 17.4. The topological polar surface area (TPSA) is 61.8 Å². The number of carbonyl (C=O) groups excluding carboxylic acids is 2. The van der Waals surface area contributed by atoms with E-state index in [4.69, 9.17) is 14.2 Å². The summed E-state index contributed by atoms with van der Waals surface area (Å²) in [4.78, 5) is 25.5. The molecule has 0 aliphatic rings. The van der Waals surface area contributed by atoms with Crippen LogP contribution in [-0.4, -0.2) is 37.9 Å². The molecule has 0 radical (unpaired) electrons. The Labute approximate surface area is 410 Å². The highest BCUT2D eigenvalue weighted by molar-refractivity contribution is 5.70. The molecule has 0 aliphatic heterocycles. The van der Waals surface area contributed by atoms with Crippen molar-refractivity contribution in [1.29, 1.82) is 0 Å². The summed E-state index contributed by atoms with van der Waals surface area (Å²) >= 11 is 0. The first-order chi connectivity index (χ1) is 32.6. The van der Waals surface area contributed by atoms with Crippen LogP contribution in [0.1, 0.15) is 278 Å². The Kier molecular flexibility index (Phi) is 54.4. The van der Waals surface area contributed by atoms with Crippen LogP contribution in [0.3, 0.4) is 0 Å². The molecule has 0 aromatic carbocycles. The number of allylic oxidation sites excluding steroid dienone is 12. The number of unbranched alkanes of at least 4 members (excludes halogenated alkanes) is 29. The third-order valence-electron chi connectivity index (χ3n) is 12.2. The summed E-state index contributed by atoms with van der Waals surface area (Å²) in [6.45, 7) is 7.58. The Morgan fingerprint density at radius 1 is 0.348 bits per heavy atom. The minimum atomic E-state index is -0.570. The summed E-state index contributed by atoms with van der Waals surface area (Å²) in [6, 6.07) is 0. The predicted molar refractivity (Wildman–Crippen MR) is 288 cm³/mol. The zero-order valence-corrected chi connectivity index (χ0v) is 44.0. The van der Waals surface area contributed by atoms with E-state index in [1.54, 1.807) is 0 Å². The number of rotatable bonds is 52. The predicted octanol–water partition coefficient (Wildman–Crippen LogP) is 19.5. The fourth-order valence-corrected chi connectivity index (χ4v) is 8.02. The van der Waals surface area contributed by atoms with Crippen molar-refractivity contribution in [2.45, 2.75) is 284 Å². The van der Waals surface area contributed by atoms with Gasteiger partial charge in [-0.2, -0.15) is 0 Å². The van der Waals surface area contributed by atoms with Crippen LogP contribution in [0.15, 0.2) is 72.9 Å². The average Bonchev–Trinajstić information content (AvgIpc) is 3.32. The SMILES string of the molecule is CC/C=C\C/C=C\C/C=C\C/C=C\CCCOCC(COC(=O)CCCCCCCCCCCCCCCCCCCCC)OC(=O)CCCCCCCCC/C=C\C/C=C\CCCCC. The Bertz CT molecular complexity index is 1180. The second-order valence-electron chi connectivity index (χ2n) is 18.8. The van der Waals surface area contributed by atoms with Gasteiger partial charge in [0.05, 0.1) is 6.61 Å². The Morgan fingerprint density at radius 2 is 0.682 bits per heavy atom. The van der Waals surface area contributed by atoms with Crippen LogP contribution in [0.2, 0.25) is 0 Å². The van der Waals surface area contributed by atoms with Gasteiger partial charge in [-0.05, 0) is 83.5 Å². The first-order valence-corrected chi connectivity index (χ1v) is 28.5. The third kappa shape index (κ3) is 54.0. The zero-order valence-electron chi connectivity index (χ0n) is 44.0. The van der Waals surface area contributed by atoms with Crippen LogP contribution < -0.4 is 0 Å². The van der Waals surface area contributed by atoms with Crippen LogP contribution >= 0.6 is 0 Å². The maximum Gasteiger partial charge on any atom is 0.306 e. The van der Waals surface area contributed by atoms with Gasteiger partial charge in [0.25, 0.3) is 0 Å². The number of hydrogen-bond acceptors (Lipinski definition) is 5. The molecule has 0 bridgehead atoms. The van der Waals surface area contributed by atoms with Gasteiger partial charge in [0.1, 0.15) is 6.61 Å². The molecule has 1 unspecified atom stereocenters. The van der Waals surface area contributed by atoms with Gasteiger partial charge in [-0.3, -0.25) is 9.59 Å². The van der Waals surface area contributed by atoms with E-state index in [9.17, 15) is 9.59 Å². The van der Waals surface area contributed by atoms with Crippen molar-refractivity contribution in [3.63, 3.8) is 0 Å². The summed E-state index contributed by atoms with van der Waals surface area (Å²) in [6.07, 6.45) is 73.6. The molecule has 66 heavy (non-hydrogen) atoms. The van der Waals surface area contributed by atoms with E-state index in [2.05, 4.69) is 93.7 Å². The molecular weight excluding hydrogens is 813 g/mol. The molecule has 0 heterocycles. The summed E-state index contributed by atoms with van der Waals surface area (Å²) in [5.74, 6) is -0.426. The van der Waals surface area contributed by atoms with Crippen molar-refractivity contribution in [3.8, 4) is 0 Å². The normalized spacial score (nSPS) is 12.7. The Hall–Kier alpha value is -2.66. The van der Waals surface area contributed by atoms with Crippen molar-refractivity contribution in [2.75, 3.05) is 19.8 Å². The molecule has 0 rings (SSSR count). The van der Waals surface area contributed by atoms with Gasteiger partial charge in [0.2, 0.25) is 0 Å². The fourth-order valence-electron chi connectivity index (χ4n) is 8.02. The first kappa shape index (κ1) is 63.3. The number of ether oxygens (including phenoxy) is 3. The van der Waals surface area contributed by atoms with Gasteiger partial charge in [-0.1, -0.05) is 254 Å². The molecule has 0 saturated heterocycles. The van der Waals surface area contributed by atoms with Crippen molar-refractivity contribution in [3.05, 3.63) is 72.9 Å². The molecule has 1 atom stereocenters. The van der Waals surface area contributed by atoms with E-state index in [0.29, 0.717) is 19.4 Å². The van der Waals surface area contributed by atoms with Crippen molar-refractivity contribution >= 4 is 11.9 Å². The molecule has 0 amide bonds. The van der Waals surface area contributed by atoms with Gasteiger partial charge < -0.3 is 14.2 Å². The second-order valence-corrected chi connectivity index (χ2v) is 18.8. The third-order valence-corrected chi connectivity index (χ3v) is 12.2. The van der Waals surface area contributed by atoms with Crippen LogP contribution in [0, 0.1) is 0 Å². The maximum absolute atomic E-state index is 12.8. The lowest BCUT2D eigenvalue weighted by atomic mass is 10.0. The molecule has 0 aromatic rings. The molecule has 0 aliphatic carbocycles. The quantitative estimate of drug-likeness (QED) is 0.0346. The van der Waals surface area contributed by atoms with Gasteiger partial charge in [0.15, 0.2) is 6.10 Å². The minimum Gasteiger partial charge on any atom is -0.462 e. The fraction of sp³-hybridized carbons (Fsp3) is 0.770. The monoisotopic (exact) mass is 921 g/mol. The second kappa shape index (κ2) is 56.7. The van der Waals surface area contributed by atoms with Crippen molar-refractivity contribution < 1.29 is 23.8 Å². The lowest BCUT2D eigenvalue weighted by Gasteiger charge is -2.18. The standard InChI is InChI=1S/C61H108O5/c1-4-7-10-13-16-19-22-25-28-30-31-33-34-36-39-42-45-48-51-54-60(62)65-58-59(57-64-56-53-50-47-44-41-38-27-24-21-18-15-12-9-6-3)66-61(63)55-52-49-46-43-40-37-35-32-29-26-23-20-17-14-11-8-5-2/h9,12,17-18,20-21,26-27,29,38,44,47,59H,4-8,10-11,13-16,19,22-25,28,30-37,39-43,45-46,48-58H2,1-3H3/b12-9-,20-17-,21-18-,29-26-,38-27-,47-44-. The lowest BCUT2D eigenvalue weighted by molar-refractivity contribution is -0.163. The average molecular weight is 922 g/mol. The number of esters is 2. The van der Waals surface area contributed by atoms with Crippen LogP contribution in [0.25, 0.3) is 0 Å². The minimum absolute atomic E-state index is 0.0610. The Balaban J connectivity index is 4.30. The zero-order chi connectivity index (χ0) is 47.7. The van der Waals surface area contributed by atoms with Crippen LogP contribution in [0.5, 0.6) is 0 Å². The summed E-state index contributed by atoms with van der Waals surface area (Å²) in [5, 5.41) is 0. The molecule has 0 fully saturated rings. The molecule has 382 valence electrons. The molecule has 0 spiro atoms. The van der Waals surface area contributed by atoms with E-state index >= 15 is 0 Å². The molecular formula is C61H108O5. The Morgan fingerprint density at radius 3 is 1.12 bits per heavy atom.